The quantitative estimate of drug-likeness (QED) is 0.876. The van der Waals surface area contributed by atoms with Crippen LogP contribution in [-0.2, 0) is 0 Å². The Morgan fingerprint density at radius 3 is 2.69 bits per heavy atom. The summed E-state index contributed by atoms with van der Waals surface area (Å²) in [7, 11) is 0. The molecule has 1 unspecified atom stereocenters. The van der Waals surface area contributed by atoms with Crippen LogP contribution < -0.4 is 0 Å². The van der Waals surface area contributed by atoms with E-state index in [-0.39, 0.29) is 6.10 Å². The summed E-state index contributed by atoms with van der Waals surface area (Å²) < 4.78 is 0. The zero-order chi connectivity index (χ0) is 11.8. The van der Waals surface area contributed by atoms with Gasteiger partial charge in [0.15, 0.2) is 0 Å². The molecular formula is C13H21NOS. The predicted octanol–water partition coefficient (Wildman–Crippen LogP) is 2.76. The molecule has 2 nitrogen and oxygen atoms in total. The SMILES string of the molecule is CC(C)(C)C1CN(CC(O)c2ccsc2)C1. The van der Waals surface area contributed by atoms with Gasteiger partial charge >= 0.3 is 0 Å². The third-order valence-corrected chi connectivity index (χ3v) is 4.24. The molecule has 1 aromatic rings. The standard InChI is InChI=1S/C13H21NOS/c1-13(2,3)11-6-14(7-11)8-12(15)10-4-5-16-9-10/h4-5,9,11-12,15H,6-8H2,1-3H3. The maximum absolute atomic E-state index is 10.00. The van der Waals surface area contributed by atoms with E-state index in [2.05, 4.69) is 25.7 Å². The first-order chi connectivity index (χ1) is 7.47. The second-order valence-electron chi connectivity index (χ2n) is 5.85. The highest BCUT2D eigenvalue weighted by Gasteiger charge is 2.36. The van der Waals surface area contributed by atoms with Crippen LogP contribution in [0.25, 0.3) is 0 Å². The van der Waals surface area contributed by atoms with Crippen LogP contribution in [0.5, 0.6) is 0 Å². The summed E-state index contributed by atoms with van der Waals surface area (Å²) in [5.41, 5.74) is 1.47. The molecule has 16 heavy (non-hydrogen) atoms. The molecule has 1 aliphatic heterocycles. The molecule has 1 atom stereocenters. The van der Waals surface area contributed by atoms with Crippen LogP contribution in [0.1, 0.15) is 32.4 Å². The highest BCUT2D eigenvalue weighted by atomic mass is 32.1. The number of thiophene rings is 1. The molecule has 0 aromatic carbocycles. The molecule has 1 saturated heterocycles. The molecular weight excluding hydrogens is 218 g/mol. The molecule has 0 bridgehead atoms. The Morgan fingerprint density at radius 2 is 2.19 bits per heavy atom. The van der Waals surface area contributed by atoms with Gasteiger partial charge in [-0.3, -0.25) is 4.90 Å². The fourth-order valence-corrected chi connectivity index (χ4v) is 2.79. The van der Waals surface area contributed by atoms with Gasteiger partial charge < -0.3 is 5.11 Å². The molecule has 2 heterocycles. The lowest BCUT2D eigenvalue weighted by atomic mass is 9.76. The van der Waals surface area contributed by atoms with Gasteiger partial charge in [-0.2, -0.15) is 11.3 Å². The van der Waals surface area contributed by atoms with Crippen molar-refractivity contribution in [3.63, 3.8) is 0 Å². The maximum atomic E-state index is 10.00. The van der Waals surface area contributed by atoms with Crippen LogP contribution in [0.2, 0.25) is 0 Å². The third kappa shape index (κ3) is 2.65. The van der Waals surface area contributed by atoms with E-state index in [1.165, 1.54) is 0 Å². The van der Waals surface area contributed by atoms with E-state index in [0.717, 1.165) is 31.1 Å². The Balaban J connectivity index is 1.78. The highest BCUT2D eigenvalue weighted by Crippen LogP contribution is 2.34. The molecule has 1 aliphatic rings. The lowest BCUT2D eigenvalue weighted by Gasteiger charge is -2.47. The molecule has 90 valence electrons. The molecule has 0 aliphatic carbocycles. The lowest BCUT2D eigenvalue weighted by molar-refractivity contribution is -0.00674. The number of aliphatic hydroxyl groups is 1. The van der Waals surface area contributed by atoms with Crippen molar-refractivity contribution in [3.05, 3.63) is 22.4 Å². The van der Waals surface area contributed by atoms with Gasteiger partial charge in [0, 0.05) is 19.6 Å². The number of rotatable bonds is 3. The number of aliphatic hydroxyl groups excluding tert-OH is 1. The molecule has 0 amide bonds. The van der Waals surface area contributed by atoms with Crippen molar-refractivity contribution in [2.24, 2.45) is 11.3 Å². The monoisotopic (exact) mass is 239 g/mol. The number of hydrogen-bond acceptors (Lipinski definition) is 3. The van der Waals surface area contributed by atoms with E-state index in [0.29, 0.717) is 5.41 Å². The topological polar surface area (TPSA) is 23.5 Å². The Kier molecular flexibility index (Phi) is 3.38. The molecule has 0 radical (unpaired) electrons. The van der Waals surface area contributed by atoms with E-state index in [9.17, 15) is 5.11 Å². The van der Waals surface area contributed by atoms with Gasteiger partial charge in [-0.05, 0) is 33.7 Å². The maximum Gasteiger partial charge on any atom is 0.0924 e. The van der Waals surface area contributed by atoms with Gasteiger partial charge in [0.1, 0.15) is 0 Å². The molecule has 0 saturated carbocycles. The minimum atomic E-state index is -0.313. The number of likely N-dealkylation sites (tertiary alicyclic amines) is 1. The Morgan fingerprint density at radius 1 is 1.50 bits per heavy atom. The van der Waals surface area contributed by atoms with Crippen molar-refractivity contribution in [2.45, 2.75) is 26.9 Å². The molecule has 3 heteroatoms. The molecule has 2 rings (SSSR count). The number of hydrogen-bond donors (Lipinski definition) is 1. The molecule has 1 N–H and O–H groups in total. The summed E-state index contributed by atoms with van der Waals surface area (Å²) in [6, 6.07) is 2.01. The second-order valence-corrected chi connectivity index (χ2v) is 6.63. The molecule has 0 spiro atoms. The average molecular weight is 239 g/mol. The lowest BCUT2D eigenvalue weighted by Crippen LogP contribution is -2.53. The van der Waals surface area contributed by atoms with Gasteiger partial charge in [-0.25, -0.2) is 0 Å². The van der Waals surface area contributed by atoms with Crippen LogP contribution >= 0.6 is 11.3 Å². The van der Waals surface area contributed by atoms with E-state index < -0.39 is 0 Å². The number of β-amino-alcohol motifs (C(OH)–C–C–N with tert-alkyl or cyclic N) is 1. The normalized spacial score (nSPS) is 20.8. The van der Waals surface area contributed by atoms with Crippen LogP contribution in [0.15, 0.2) is 16.8 Å². The van der Waals surface area contributed by atoms with E-state index in [4.69, 9.17) is 0 Å². The Bertz CT molecular complexity index is 322. The summed E-state index contributed by atoms with van der Waals surface area (Å²) in [6.45, 7) is 9.93. The van der Waals surface area contributed by atoms with Crippen LogP contribution in [0.4, 0.5) is 0 Å². The second kappa shape index (κ2) is 4.47. The van der Waals surface area contributed by atoms with E-state index in [1.54, 1.807) is 11.3 Å². The van der Waals surface area contributed by atoms with E-state index in [1.807, 2.05) is 16.8 Å². The van der Waals surface area contributed by atoms with Gasteiger partial charge in [-0.1, -0.05) is 20.8 Å². The van der Waals surface area contributed by atoms with Crippen molar-refractivity contribution in [1.82, 2.24) is 4.90 Å². The Hall–Kier alpha value is -0.380. The minimum absolute atomic E-state index is 0.313. The summed E-state index contributed by atoms with van der Waals surface area (Å²) in [6.07, 6.45) is -0.313. The van der Waals surface area contributed by atoms with Crippen molar-refractivity contribution in [2.75, 3.05) is 19.6 Å². The molecule has 1 aromatic heterocycles. The highest BCUT2D eigenvalue weighted by molar-refractivity contribution is 7.07. The minimum Gasteiger partial charge on any atom is -0.387 e. The van der Waals surface area contributed by atoms with Crippen molar-refractivity contribution in [1.29, 1.82) is 0 Å². The first-order valence-electron chi connectivity index (χ1n) is 5.89. The van der Waals surface area contributed by atoms with Gasteiger partial charge in [0.25, 0.3) is 0 Å². The summed E-state index contributed by atoms with van der Waals surface area (Å²) in [5.74, 6) is 0.780. The van der Waals surface area contributed by atoms with Crippen molar-refractivity contribution in [3.8, 4) is 0 Å². The zero-order valence-electron chi connectivity index (χ0n) is 10.3. The summed E-state index contributed by atoms with van der Waals surface area (Å²) in [4.78, 5) is 2.35. The van der Waals surface area contributed by atoms with Crippen LogP contribution in [-0.4, -0.2) is 29.6 Å². The van der Waals surface area contributed by atoms with Crippen molar-refractivity contribution >= 4 is 11.3 Å². The fourth-order valence-electron chi connectivity index (χ4n) is 2.08. The number of nitrogens with zero attached hydrogens (tertiary/aromatic N) is 1. The summed E-state index contributed by atoms with van der Waals surface area (Å²) >= 11 is 1.65. The van der Waals surface area contributed by atoms with Gasteiger partial charge in [0.05, 0.1) is 6.10 Å². The zero-order valence-corrected chi connectivity index (χ0v) is 11.1. The van der Waals surface area contributed by atoms with E-state index >= 15 is 0 Å². The summed E-state index contributed by atoms with van der Waals surface area (Å²) in [5, 5.41) is 14.1. The smallest absolute Gasteiger partial charge is 0.0924 e. The van der Waals surface area contributed by atoms with Gasteiger partial charge in [0.2, 0.25) is 0 Å². The predicted molar refractivity (Wildman–Crippen MR) is 68.7 cm³/mol. The molecule has 1 fully saturated rings. The third-order valence-electron chi connectivity index (χ3n) is 3.54. The fraction of sp³-hybridized carbons (Fsp3) is 0.692. The van der Waals surface area contributed by atoms with Crippen LogP contribution in [0, 0.1) is 11.3 Å². The average Bonchev–Trinajstić information content (AvgIpc) is 2.60. The Labute approximate surface area is 102 Å². The largest absolute Gasteiger partial charge is 0.387 e. The van der Waals surface area contributed by atoms with Gasteiger partial charge in [-0.15, -0.1) is 0 Å². The van der Waals surface area contributed by atoms with Crippen LogP contribution in [0.3, 0.4) is 0 Å². The first-order valence-corrected chi connectivity index (χ1v) is 6.83. The first kappa shape index (κ1) is 12.1. The van der Waals surface area contributed by atoms with Crippen molar-refractivity contribution < 1.29 is 5.11 Å².